The Hall–Kier alpha value is -1.17. The molecule has 0 aromatic heterocycles. The molecule has 2 aromatic carbocycles. The van der Waals surface area contributed by atoms with Crippen LogP contribution in [0.1, 0.15) is 13.8 Å². The predicted octanol–water partition coefficient (Wildman–Crippen LogP) is 5.81. The average Bonchev–Trinajstić information content (AvgIpc) is 2.54. The molecule has 0 heterocycles. The van der Waals surface area contributed by atoms with Gasteiger partial charge < -0.3 is 9.26 Å². The van der Waals surface area contributed by atoms with Crippen molar-refractivity contribution in [1.82, 2.24) is 5.09 Å². The molecule has 2 atom stereocenters. The zero-order valence-electron chi connectivity index (χ0n) is 14.1. The Morgan fingerprint density at radius 1 is 1.19 bits per heavy atom. The third-order valence-electron chi connectivity index (χ3n) is 3.02. The van der Waals surface area contributed by atoms with Crippen molar-refractivity contribution in [2.75, 3.05) is 6.61 Å². The van der Waals surface area contributed by atoms with Gasteiger partial charge in [-0.3, -0.25) is 4.79 Å². The Kier molecular flexibility index (Phi) is 7.86. The number of benzene rings is 2. The van der Waals surface area contributed by atoms with Crippen molar-refractivity contribution in [3.63, 3.8) is 0 Å². The Morgan fingerprint density at radius 2 is 1.81 bits per heavy atom. The topological polar surface area (TPSA) is 64.6 Å². The van der Waals surface area contributed by atoms with Gasteiger partial charge >= 0.3 is 12.7 Å². The van der Waals surface area contributed by atoms with Crippen LogP contribution in [-0.2, 0) is 14.1 Å². The van der Waals surface area contributed by atoms with Crippen LogP contribution in [0.4, 0.5) is 0 Å². The maximum atomic E-state index is 13.4. The largest absolute Gasteiger partial charge is 0.465 e. The number of carbonyl (C=O) groups is 1. The normalized spacial score (nSPS) is 14.3. The third kappa shape index (κ3) is 6.53. The molecule has 0 amide bonds. The third-order valence-corrected chi connectivity index (χ3v) is 7.19. The van der Waals surface area contributed by atoms with Gasteiger partial charge in [-0.25, -0.2) is 9.65 Å². The van der Waals surface area contributed by atoms with E-state index in [1.807, 2.05) is 6.07 Å². The van der Waals surface area contributed by atoms with Crippen LogP contribution in [0.3, 0.4) is 0 Å². The van der Waals surface area contributed by atoms with Gasteiger partial charge in [0.15, 0.2) is 0 Å². The van der Waals surface area contributed by atoms with Crippen LogP contribution >= 0.6 is 41.3 Å². The Labute approximate surface area is 166 Å². The number of rotatable bonds is 8. The molecule has 1 N–H and O–H groups in total. The highest BCUT2D eigenvalue weighted by atomic mass is 35.5. The summed E-state index contributed by atoms with van der Waals surface area (Å²) in [5.41, 5.74) is 0. The van der Waals surface area contributed by atoms with E-state index in [4.69, 9.17) is 32.5 Å². The first-order valence-electron chi connectivity index (χ1n) is 7.76. The molecule has 0 fully saturated rings. The van der Waals surface area contributed by atoms with E-state index in [0.717, 1.165) is 11.4 Å². The molecule has 9 heteroatoms. The number of halogens is 2. The maximum absolute atomic E-state index is 13.4. The molecule has 0 saturated heterocycles. The second-order valence-electron chi connectivity index (χ2n) is 5.20. The summed E-state index contributed by atoms with van der Waals surface area (Å²) in [7, 11) is 0. The lowest BCUT2D eigenvalue weighted by molar-refractivity contribution is -0.144. The van der Waals surface area contributed by atoms with E-state index in [9.17, 15) is 9.36 Å². The number of esters is 1. The molecule has 0 unspecified atom stereocenters. The van der Waals surface area contributed by atoms with E-state index < -0.39 is 18.7 Å². The summed E-state index contributed by atoms with van der Waals surface area (Å²) in [6.07, 6.45) is 0. The lowest BCUT2D eigenvalue weighted by Crippen LogP contribution is -2.33. The molecule has 0 radical (unpaired) electrons. The van der Waals surface area contributed by atoms with E-state index in [-0.39, 0.29) is 6.61 Å². The molecule has 0 saturated carbocycles. The SMILES string of the molecule is CCOC(=O)[C@H](C)N[P@@](=O)(Oc1ccccc1)Sc1cc(Cl)cc(Cl)c1. The molecule has 0 aliphatic heterocycles. The predicted molar refractivity (Wildman–Crippen MR) is 106 cm³/mol. The number of hydrogen-bond donors (Lipinski definition) is 1. The molecule has 26 heavy (non-hydrogen) atoms. The molecule has 140 valence electrons. The molecule has 5 nitrogen and oxygen atoms in total. The second kappa shape index (κ2) is 9.67. The second-order valence-corrected chi connectivity index (χ2v) is 10.2. The van der Waals surface area contributed by atoms with Crippen LogP contribution in [0, 0.1) is 0 Å². The van der Waals surface area contributed by atoms with Crippen molar-refractivity contribution in [1.29, 1.82) is 0 Å². The van der Waals surface area contributed by atoms with Gasteiger partial charge in [0.25, 0.3) is 0 Å². The van der Waals surface area contributed by atoms with E-state index >= 15 is 0 Å². The highest BCUT2D eigenvalue weighted by Gasteiger charge is 2.32. The minimum atomic E-state index is -3.59. The van der Waals surface area contributed by atoms with Crippen LogP contribution in [0.5, 0.6) is 5.75 Å². The van der Waals surface area contributed by atoms with Gasteiger partial charge in [0.2, 0.25) is 0 Å². The van der Waals surface area contributed by atoms with Crippen molar-refractivity contribution < 1.29 is 18.6 Å². The minimum Gasteiger partial charge on any atom is -0.465 e. The molecular formula is C17H18Cl2NO4PS. The highest BCUT2D eigenvalue weighted by molar-refractivity contribution is 8.56. The summed E-state index contributed by atoms with van der Waals surface area (Å²) in [6.45, 7) is -0.0982. The van der Waals surface area contributed by atoms with E-state index in [1.165, 1.54) is 0 Å². The molecule has 0 aliphatic rings. The summed E-state index contributed by atoms with van der Waals surface area (Å²) >= 11 is 13.0. The van der Waals surface area contributed by atoms with Crippen molar-refractivity contribution >= 4 is 47.3 Å². The Morgan fingerprint density at radius 3 is 2.38 bits per heavy atom. The number of nitrogens with one attached hydrogen (secondary N) is 1. The number of ether oxygens (including phenoxy) is 1. The van der Waals surface area contributed by atoms with Crippen molar-refractivity contribution in [3.8, 4) is 5.75 Å². The first kappa shape index (κ1) is 21.1. The van der Waals surface area contributed by atoms with Gasteiger partial charge in [-0.15, -0.1) is 0 Å². The number of carbonyl (C=O) groups excluding carboxylic acids is 1. The van der Waals surface area contributed by atoms with E-state index in [1.54, 1.807) is 56.3 Å². The fourth-order valence-corrected chi connectivity index (χ4v) is 6.53. The zero-order valence-corrected chi connectivity index (χ0v) is 17.4. The van der Waals surface area contributed by atoms with Crippen molar-refractivity contribution in [2.45, 2.75) is 24.8 Å². The fraction of sp³-hybridized carbons (Fsp3) is 0.235. The summed E-state index contributed by atoms with van der Waals surface area (Å²) in [4.78, 5) is 12.5. The lowest BCUT2D eigenvalue weighted by atomic mass is 10.3. The van der Waals surface area contributed by atoms with Crippen molar-refractivity contribution in [3.05, 3.63) is 58.6 Å². The summed E-state index contributed by atoms with van der Waals surface area (Å²) in [5, 5.41) is 3.56. The lowest BCUT2D eigenvalue weighted by Gasteiger charge is -2.22. The summed E-state index contributed by atoms with van der Waals surface area (Å²) in [6, 6.07) is 12.7. The van der Waals surface area contributed by atoms with Gasteiger partial charge in [0, 0.05) is 14.9 Å². The van der Waals surface area contributed by atoms with E-state index in [2.05, 4.69) is 5.09 Å². The van der Waals surface area contributed by atoms with Crippen LogP contribution in [0.2, 0.25) is 10.0 Å². The average molecular weight is 434 g/mol. The van der Waals surface area contributed by atoms with E-state index in [0.29, 0.717) is 20.7 Å². The maximum Gasteiger partial charge on any atom is 0.379 e. The number of para-hydroxylation sites is 1. The Balaban J connectivity index is 2.28. The number of hydrogen-bond acceptors (Lipinski definition) is 5. The summed E-state index contributed by atoms with van der Waals surface area (Å²) in [5.74, 6) is -0.117. The highest BCUT2D eigenvalue weighted by Crippen LogP contribution is 2.59. The van der Waals surface area contributed by atoms with Crippen molar-refractivity contribution in [2.24, 2.45) is 0 Å². The molecule has 2 aromatic rings. The van der Waals surface area contributed by atoms with Gasteiger partial charge in [-0.1, -0.05) is 41.4 Å². The quantitative estimate of drug-likeness (QED) is 0.418. The molecular weight excluding hydrogens is 416 g/mol. The molecule has 0 spiro atoms. The fourth-order valence-electron chi connectivity index (χ4n) is 1.97. The van der Waals surface area contributed by atoms with Crippen LogP contribution in [0.15, 0.2) is 53.4 Å². The standard InChI is InChI=1S/C17H18Cl2NO4PS/c1-3-23-17(21)12(2)20-25(22,24-15-7-5-4-6-8-15)26-16-10-13(18)9-14(19)11-16/h4-12H,3H2,1-2H3,(H,20,22)/t12-,25+/m0/s1. The van der Waals surface area contributed by atoms with Gasteiger partial charge in [-0.05, 0) is 55.6 Å². The van der Waals surface area contributed by atoms with Gasteiger partial charge in [0.05, 0.1) is 6.61 Å². The molecule has 0 bridgehead atoms. The first-order chi connectivity index (χ1) is 12.3. The monoisotopic (exact) mass is 433 g/mol. The van der Waals surface area contributed by atoms with Gasteiger partial charge in [0.1, 0.15) is 11.8 Å². The zero-order chi connectivity index (χ0) is 19.2. The Bertz CT molecular complexity index is 786. The molecule has 2 rings (SSSR count). The smallest absolute Gasteiger partial charge is 0.379 e. The van der Waals surface area contributed by atoms with Crippen LogP contribution in [-0.4, -0.2) is 18.6 Å². The van der Waals surface area contributed by atoms with Crippen LogP contribution in [0.25, 0.3) is 0 Å². The first-order valence-corrected chi connectivity index (χ1v) is 11.6. The minimum absolute atomic E-state index is 0.228. The summed E-state index contributed by atoms with van der Waals surface area (Å²) < 4.78 is 24.1. The van der Waals surface area contributed by atoms with Gasteiger partial charge in [-0.2, -0.15) is 0 Å². The molecule has 0 aliphatic carbocycles. The van der Waals surface area contributed by atoms with Crippen LogP contribution < -0.4 is 9.61 Å².